The maximum atomic E-state index is 12.4. The van der Waals surface area contributed by atoms with Gasteiger partial charge in [-0.05, 0) is 40.8 Å². The molecule has 0 saturated carbocycles. The molecule has 0 unspecified atom stereocenters. The van der Waals surface area contributed by atoms with Crippen LogP contribution in [-0.2, 0) is 6.18 Å². The lowest BCUT2D eigenvalue weighted by Crippen LogP contribution is -2.07. The Morgan fingerprint density at radius 2 is 2.00 bits per heavy atom. The van der Waals surface area contributed by atoms with Crippen molar-refractivity contribution in [3.8, 4) is 5.69 Å². The second-order valence-corrected chi connectivity index (χ2v) is 4.62. The molecule has 0 amide bonds. The van der Waals surface area contributed by atoms with Crippen molar-refractivity contribution in [2.24, 2.45) is 0 Å². The molecule has 0 atom stereocenters. The number of alkyl halides is 3. The van der Waals surface area contributed by atoms with Gasteiger partial charge >= 0.3 is 6.18 Å². The summed E-state index contributed by atoms with van der Waals surface area (Å²) in [6, 6.07) is 3.20. The Morgan fingerprint density at radius 3 is 2.47 bits per heavy atom. The van der Waals surface area contributed by atoms with Crippen LogP contribution in [0.1, 0.15) is 5.56 Å². The summed E-state index contributed by atoms with van der Waals surface area (Å²) in [7, 11) is 0. The van der Waals surface area contributed by atoms with Gasteiger partial charge in [-0.3, -0.25) is 0 Å². The van der Waals surface area contributed by atoms with Gasteiger partial charge in [-0.2, -0.15) is 18.3 Å². The number of benzene rings is 1. The second-order valence-electron chi connectivity index (χ2n) is 3.37. The topological polar surface area (TPSA) is 43.8 Å². The van der Waals surface area contributed by atoms with Crippen LogP contribution < -0.4 is 5.73 Å². The zero-order chi connectivity index (χ0) is 12.6. The van der Waals surface area contributed by atoms with E-state index in [0.717, 1.165) is 15.7 Å². The van der Waals surface area contributed by atoms with Gasteiger partial charge in [-0.1, -0.05) is 0 Å². The van der Waals surface area contributed by atoms with Crippen LogP contribution in [0, 0.1) is 3.57 Å². The lowest BCUT2D eigenvalue weighted by molar-refractivity contribution is -0.137. The van der Waals surface area contributed by atoms with Crippen LogP contribution >= 0.6 is 22.6 Å². The highest BCUT2D eigenvalue weighted by Crippen LogP contribution is 2.32. The summed E-state index contributed by atoms with van der Waals surface area (Å²) in [6.07, 6.45) is -1.11. The van der Waals surface area contributed by atoms with Crippen molar-refractivity contribution in [3.63, 3.8) is 0 Å². The Morgan fingerprint density at radius 1 is 1.29 bits per heavy atom. The van der Waals surface area contributed by atoms with Gasteiger partial charge < -0.3 is 5.73 Å². The van der Waals surface area contributed by atoms with Gasteiger partial charge in [0.2, 0.25) is 0 Å². The predicted molar refractivity (Wildman–Crippen MR) is 65.7 cm³/mol. The van der Waals surface area contributed by atoms with Crippen molar-refractivity contribution in [1.29, 1.82) is 0 Å². The Hall–Kier alpha value is -1.25. The highest BCUT2D eigenvalue weighted by Gasteiger charge is 2.30. The Balaban J connectivity index is 2.45. The summed E-state index contributed by atoms with van der Waals surface area (Å²) in [5, 5.41) is 3.99. The van der Waals surface area contributed by atoms with E-state index in [9.17, 15) is 13.2 Å². The van der Waals surface area contributed by atoms with E-state index in [1.165, 1.54) is 10.7 Å². The number of nitrogen functional groups attached to an aromatic ring is 1. The van der Waals surface area contributed by atoms with E-state index in [-0.39, 0.29) is 5.69 Å². The molecular weight excluding hydrogens is 346 g/mol. The molecule has 7 heteroatoms. The van der Waals surface area contributed by atoms with E-state index < -0.39 is 11.7 Å². The molecule has 2 N–H and O–H groups in total. The minimum Gasteiger partial charge on any atom is -0.397 e. The fourth-order valence-corrected chi connectivity index (χ4v) is 1.76. The van der Waals surface area contributed by atoms with Crippen molar-refractivity contribution in [2.75, 3.05) is 5.73 Å². The number of hydrogen-bond acceptors (Lipinski definition) is 2. The van der Waals surface area contributed by atoms with Gasteiger partial charge in [-0.15, -0.1) is 0 Å². The van der Waals surface area contributed by atoms with E-state index in [2.05, 4.69) is 27.7 Å². The second kappa shape index (κ2) is 4.21. The van der Waals surface area contributed by atoms with Gasteiger partial charge in [0.15, 0.2) is 0 Å². The van der Waals surface area contributed by atoms with Gasteiger partial charge in [0.1, 0.15) is 0 Å². The summed E-state index contributed by atoms with van der Waals surface area (Å²) in [6.45, 7) is 0. The molecule has 2 rings (SSSR count). The number of nitrogens with zero attached hydrogens (tertiary/aromatic N) is 2. The standard InChI is InChI=1S/C10H7F3IN3/c11-10(12,13)6-1-2-9(8(15)3-6)17-5-7(14)4-16-17/h1-5H,15H2. The summed E-state index contributed by atoms with van der Waals surface area (Å²) in [4.78, 5) is 0. The smallest absolute Gasteiger partial charge is 0.397 e. The Bertz CT molecular complexity index is 548. The van der Waals surface area contributed by atoms with Crippen LogP contribution in [0.4, 0.5) is 18.9 Å². The van der Waals surface area contributed by atoms with Gasteiger partial charge in [0, 0.05) is 6.20 Å². The van der Waals surface area contributed by atoms with Crippen LogP contribution in [0.5, 0.6) is 0 Å². The van der Waals surface area contributed by atoms with E-state index >= 15 is 0 Å². The largest absolute Gasteiger partial charge is 0.416 e. The zero-order valence-corrected chi connectivity index (χ0v) is 10.5. The molecule has 1 heterocycles. The lowest BCUT2D eigenvalue weighted by Gasteiger charge is -2.10. The first-order valence-corrected chi connectivity index (χ1v) is 5.63. The molecule has 2 aromatic rings. The van der Waals surface area contributed by atoms with Gasteiger partial charge in [0.05, 0.1) is 26.7 Å². The van der Waals surface area contributed by atoms with E-state index in [4.69, 9.17) is 5.73 Å². The Kier molecular flexibility index (Phi) is 3.02. The highest BCUT2D eigenvalue weighted by atomic mass is 127. The van der Waals surface area contributed by atoms with Gasteiger partial charge in [0.25, 0.3) is 0 Å². The molecule has 0 spiro atoms. The first-order valence-electron chi connectivity index (χ1n) is 4.55. The lowest BCUT2D eigenvalue weighted by atomic mass is 10.1. The molecule has 0 bridgehead atoms. The highest BCUT2D eigenvalue weighted by molar-refractivity contribution is 14.1. The first-order chi connectivity index (χ1) is 7.88. The molecule has 0 aliphatic carbocycles. The minimum atomic E-state index is -4.38. The van der Waals surface area contributed by atoms with E-state index in [1.807, 2.05) is 0 Å². The third-order valence-corrected chi connectivity index (χ3v) is 2.71. The predicted octanol–water partition coefficient (Wildman–Crippen LogP) is 3.08. The number of aromatic nitrogens is 2. The van der Waals surface area contributed by atoms with Crippen LogP contribution in [0.2, 0.25) is 0 Å². The summed E-state index contributed by atoms with van der Waals surface area (Å²) in [5.41, 5.74) is 5.31. The number of halogens is 4. The average molecular weight is 353 g/mol. The van der Waals surface area contributed by atoms with Crippen molar-refractivity contribution in [2.45, 2.75) is 6.18 Å². The molecular formula is C10H7F3IN3. The molecule has 17 heavy (non-hydrogen) atoms. The minimum absolute atomic E-state index is 0.0410. The normalized spacial score (nSPS) is 11.8. The van der Waals surface area contributed by atoms with Crippen LogP contribution in [0.25, 0.3) is 5.69 Å². The third-order valence-electron chi connectivity index (χ3n) is 2.15. The monoisotopic (exact) mass is 353 g/mol. The molecule has 1 aromatic carbocycles. The fraction of sp³-hybridized carbons (Fsp3) is 0.100. The maximum absolute atomic E-state index is 12.4. The molecule has 0 radical (unpaired) electrons. The third kappa shape index (κ3) is 2.54. The maximum Gasteiger partial charge on any atom is 0.416 e. The number of anilines is 1. The van der Waals surface area contributed by atoms with Crippen LogP contribution in [0.3, 0.4) is 0 Å². The molecule has 0 saturated heterocycles. The molecule has 0 aliphatic rings. The van der Waals surface area contributed by atoms with Crippen molar-refractivity contribution in [1.82, 2.24) is 9.78 Å². The number of rotatable bonds is 1. The van der Waals surface area contributed by atoms with Crippen molar-refractivity contribution >= 4 is 28.3 Å². The molecule has 3 nitrogen and oxygen atoms in total. The van der Waals surface area contributed by atoms with Gasteiger partial charge in [-0.25, -0.2) is 4.68 Å². The molecule has 90 valence electrons. The fourth-order valence-electron chi connectivity index (χ4n) is 1.37. The summed E-state index contributed by atoms with van der Waals surface area (Å²) in [5.74, 6) is 0. The quantitative estimate of drug-likeness (QED) is 0.633. The zero-order valence-electron chi connectivity index (χ0n) is 8.37. The number of hydrogen-bond donors (Lipinski definition) is 1. The summed E-state index contributed by atoms with van der Waals surface area (Å²) < 4.78 is 39.6. The van der Waals surface area contributed by atoms with E-state index in [1.54, 1.807) is 12.4 Å². The van der Waals surface area contributed by atoms with Crippen LogP contribution in [0.15, 0.2) is 30.6 Å². The van der Waals surface area contributed by atoms with E-state index in [0.29, 0.717) is 5.69 Å². The molecule has 1 aromatic heterocycles. The summed E-state index contributed by atoms with van der Waals surface area (Å²) >= 11 is 2.05. The first kappa shape index (κ1) is 12.2. The van der Waals surface area contributed by atoms with Crippen LogP contribution in [-0.4, -0.2) is 9.78 Å². The van der Waals surface area contributed by atoms with Crippen molar-refractivity contribution in [3.05, 3.63) is 39.7 Å². The molecule has 0 aliphatic heterocycles. The SMILES string of the molecule is Nc1cc(C(F)(F)F)ccc1-n1cc(I)cn1. The number of nitrogens with two attached hydrogens (primary N) is 1. The van der Waals surface area contributed by atoms with Crippen molar-refractivity contribution < 1.29 is 13.2 Å². The average Bonchev–Trinajstić information content (AvgIpc) is 2.63. The molecule has 0 fully saturated rings. The Labute approximate surface area is 109 Å².